The summed E-state index contributed by atoms with van der Waals surface area (Å²) in [4.78, 5) is 55.2. The molecule has 1 aliphatic heterocycles. The number of carbonyl (C=O) groups excluding carboxylic acids is 4. The lowest BCUT2D eigenvalue weighted by atomic mass is 9.85. The van der Waals surface area contributed by atoms with E-state index in [1.54, 1.807) is 11.0 Å². The molecule has 1 aromatic rings. The van der Waals surface area contributed by atoms with E-state index in [9.17, 15) is 19.2 Å². The molecule has 188 valence electrons. The van der Waals surface area contributed by atoms with Gasteiger partial charge in [0.15, 0.2) is 0 Å². The third-order valence-corrected chi connectivity index (χ3v) is 7.90. The lowest BCUT2D eigenvalue weighted by molar-refractivity contribution is -0.144. The van der Waals surface area contributed by atoms with Gasteiger partial charge < -0.3 is 10.2 Å². The highest BCUT2D eigenvalue weighted by molar-refractivity contribution is 6.31. The topological polar surface area (TPSA) is 86.8 Å². The highest BCUT2D eigenvalue weighted by atomic mass is 35.5. The first kappa shape index (κ1) is 25.4. The summed E-state index contributed by atoms with van der Waals surface area (Å²) in [5.41, 5.74) is 0.750. The van der Waals surface area contributed by atoms with Gasteiger partial charge in [0.05, 0.1) is 11.8 Å². The second-order valence-corrected chi connectivity index (χ2v) is 10.2. The van der Waals surface area contributed by atoms with Gasteiger partial charge in [-0.3, -0.25) is 24.1 Å². The maximum atomic E-state index is 13.5. The number of fused-ring (bicyclic) bond motifs is 1. The number of nitrogens with zero attached hydrogens (tertiary/aromatic N) is 2. The molecule has 1 saturated heterocycles. The summed E-state index contributed by atoms with van der Waals surface area (Å²) in [6, 6.07) is 6.76. The smallest absolute Gasteiger partial charge is 0.243 e. The Morgan fingerprint density at radius 2 is 1.71 bits per heavy atom. The maximum absolute atomic E-state index is 13.5. The first-order valence-corrected chi connectivity index (χ1v) is 13.1. The van der Waals surface area contributed by atoms with Crippen molar-refractivity contribution >= 4 is 35.2 Å². The van der Waals surface area contributed by atoms with Crippen LogP contribution in [0.25, 0.3) is 0 Å². The molecule has 4 amide bonds. The van der Waals surface area contributed by atoms with Gasteiger partial charge in [-0.2, -0.15) is 0 Å². The van der Waals surface area contributed by atoms with E-state index in [4.69, 9.17) is 11.6 Å². The quantitative estimate of drug-likeness (QED) is 0.413. The molecule has 7 nitrogen and oxygen atoms in total. The van der Waals surface area contributed by atoms with Crippen molar-refractivity contribution in [3.63, 3.8) is 0 Å². The van der Waals surface area contributed by atoms with Gasteiger partial charge in [-0.25, -0.2) is 0 Å². The summed E-state index contributed by atoms with van der Waals surface area (Å²) in [5, 5.41) is 3.65. The average Bonchev–Trinajstić information content (AvgIpc) is 3.45. The second kappa shape index (κ2) is 11.4. The third kappa shape index (κ3) is 5.61. The number of nitrogens with one attached hydrogen (secondary N) is 1. The molecule has 2 aliphatic carbocycles. The van der Waals surface area contributed by atoms with Crippen molar-refractivity contribution in [1.29, 1.82) is 0 Å². The van der Waals surface area contributed by atoms with Gasteiger partial charge in [-0.1, -0.05) is 61.7 Å². The van der Waals surface area contributed by atoms with Crippen molar-refractivity contribution in [2.45, 2.75) is 76.9 Å². The van der Waals surface area contributed by atoms with E-state index in [-0.39, 0.29) is 61.0 Å². The zero-order valence-electron chi connectivity index (χ0n) is 20.2. The molecule has 3 aliphatic rings. The van der Waals surface area contributed by atoms with Crippen LogP contribution in [0.3, 0.4) is 0 Å². The Kier molecular flexibility index (Phi) is 8.26. The Bertz CT molecular complexity index is 978. The van der Waals surface area contributed by atoms with Gasteiger partial charge in [-0.05, 0) is 43.7 Å². The number of carbonyl (C=O) groups is 4. The van der Waals surface area contributed by atoms with E-state index in [1.807, 2.05) is 37.3 Å². The van der Waals surface area contributed by atoms with Gasteiger partial charge in [0.25, 0.3) is 0 Å². The molecule has 2 fully saturated rings. The molecular formula is C27H34ClN3O4. The van der Waals surface area contributed by atoms with Crippen LogP contribution in [0, 0.1) is 11.8 Å². The van der Waals surface area contributed by atoms with Gasteiger partial charge in [0, 0.05) is 30.6 Å². The molecule has 1 aromatic carbocycles. The Hall–Kier alpha value is -2.67. The van der Waals surface area contributed by atoms with E-state index in [1.165, 1.54) is 4.90 Å². The van der Waals surface area contributed by atoms with Crippen LogP contribution in [0.1, 0.15) is 63.9 Å². The van der Waals surface area contributed by atoms with Crippen molar-refractivity contribution < 1.29 is 19.2 Å². The van der Waals surface area contributed by atoms with Crippen molar-refractivity contribution in [2.24, 2.45) is 11.8 Å². The first-order valence-electron chi connectivity index (χ1n) is 12.7. The Labute approximate surface area is 211 Å². The molecule has 0 spiro atoms. The number of benzene rings is 1. The lowest BCUT2D eigenvalue weighted by Gasteiger charge is -2.32. The minimum absolute atomic E-state index is 0.0258. The fourth-order valence-corrected chi connectivity index (χ4v) is 5.73. The molecule has 1 heterocycles. The number of likely N-dealkylation sites (tertiary alicyclic amines) is 1. The van der Waals surface area contributed by atoms with E-state index in [0.29, 0.717) is 24.3 Å². The van der Waals surface area contributed by atoms with Gasteiger partial charge in [-0.15, -0.1) is 0 Å². The molecule has 35 heavy (non-hydrogen) atoms. The summed E-state index contributed by atoms with van der Waals surface area (Å²) < 4.78 is 0. The standard InChI is InChI=1S/C27H34ClN3O4/c1-2-23(25(33)29-19-10-4-5-11-19)31(17-18-9-3-8-14-22(18)28)24(32)15-16-30-26(34)20-12-6-7-13-21(20)27(30)35/h3,6-9,14,19-21,23H,2,4-5,10-13,15-17H2,1H3,(H,29,33)/t20-,21+,23-/m1/s1. The lowest BCUT2D eigenvalue weighted by Crippen LogP contribution is -2.51. The summed E-state index contributed by atoms with van der Waals surface area (Å²) in [6.07, 6.45) is 9.55. The minimum Gasteiger partial charge on any atom is -0.352 e. The Balaban J connectivity index is 1.49. The van der Waals surface area contributed by atoms with Crippen LogP contribution in [-0.2, 0) is 25.7 Å². The number of halogens is 1. The van der Waals surface area contributed by atoms with Crippen LogP contribution in [0.2, 0.25) is 5.02 Å². The molecule has 4 rings (SSSR count). The van der Waals surface area contributed by atoms with E-state index in [2.05, 4.69) is 5.32 Å². The van der Waals surface area contributed by atoms with Crippen molar-refractivity contribution in [3.8, 4) is 0 Å². The molecule has 0 bridgehead atoms. The van der Waals surface area contributed by atoms with Crippen molar-refractivity contribution in [2.75, 3.05) is 6.54 Å². The molecule has 8 heteroatoms. The van der Waals surface area contributed by atoms with Crippen LogP contribution >= 0.6 is 11.6 Å². The molecule has 1 N–H and O–H groups in total. The van der Waals surface area contributed by atoms with Crippen LogP contribution in [0.15, 0.2) is 36.4 Å². The number of hydrogen-bond donors (Lipinski definition) is 1. The number of rotatable bonds is 9. The summed E-state index contributed by atoms with van der Waals surface area (Å²) >= 11 is 6.38. The molecule has 0 radical (unpaired) electrons. The zero-order valence-corrected chi connectivity index (χ0v) is 21.0. The summed E-state index contributed by atoms with van der Waals surface area (Å²) in [5.74, 6) is -1.45. The summed E-state index contributed by atoms with van der Waals surface area (Å²) in [7, 11) is 0. The van der Waals surface area contributed by atoms with E-state index >= 15 is 0 Å². The van der Waals surface area contributed by atoms with Gasteiger partial charge in [0.1, 0.15) is 6.04 Å². The minimum atomic E-state index is -0.656. The van der Waals surface area contributed by atoms with Gasteiger partial charge >= 0.3 is 0 Å². The summed E-state index contributed by atoms with van der Waals surface area (Å²) in [6.45, 7) is 2.10. The molecule has 0 unspecified atom stereocenters. The number of imide groups is 1. The molecule has 0 aromatic heterocycles. The maximum Gasteiger partial charge on any atom is 0.243 e. The Morgan fingerprint density at radius 3 is 2.31 bits per heavy atom. The van der Waals surface area contributed by atoms with Crippen LogP contribution in [-0.4, -0.2) is 52.1 Å². The molecule has 3 atom stereocenters. The van der Waals surface area contributed by atoms with E-state index in [0.717, 1.165) is 31.2 Å². The predicted octanol–water partition coefficient (Wildman–Crippen LogP) is 3.85. The second-order valence-electron chi connectivity index (χ2n) is 9.76. The van der Waals surface area contributed by atoms with Crippen LogP contribution in [0.4, 0.5) is 0 Å². The normalized spacial score (nSPS) is 22.9. The third-order valence-electron chi connectivity index (χ3n) is 7.53. The van der Waals surface area contributed by atoms with Crippen LogP contribution in [0.5, 0.6) is 0 Å². The zero-order chi connectivity index (χ0) is 24.9. The monoisotopic (exact) mass is 499 g/mol. The van der Waals surface area contributed by atoms with Crippen molar-refractivity contribution in [3.05, 3.63) is 47.0 Å². The highest BCUT2D eigenvalue weighted by Gasteiger charge is 2.47. The number of hydrogen-bond acceptors (Lipinski definition) is 4. The average molecular weight is 500 g/mol. The fraction of sp³-hybridized carbons (Fsp3) is 0.556. The SMILES string of the molecule is CC[C@H](C(=O)NC1CCCC1)N(Cc1ccccc1Cl)C(=O)CCN1C(=O)[C@H]2CC=CC[C@H]2C1=O. The van der Waals surface area contributed by atoms with E-state index < -0.39 is 6.04 Å². The van der Waals surface area contributed by atoms with Crippen LogP contribution < -0.4 is 5.32 Å². The molecule has 1 saturated carbocycles. The largest absolute Gasteiger partial charge is 0.352 e. The van der Waals surface area contributed by atoms with Crippen molar-refractivity contribution in [1.82, 2.24) is 15.1 Å². The first-order chi connectivity index (χ1) is 16.9. The van der Waals surface area contributed by atoms with Gasteiger partial charge in [0.2, 0.25) is 23.6 Å². The Morgan fingerprint density at radius 1 is 1.09 bits per heavy atom. The number of allylic oxidation sites excluding steroid dienone is 2. The number of amides is 4. The molecular weight excluding hydrogens is 466 g/mol. The predicted molar refractivity (Wildman–Crippen MR) is 133 cm³/mol. The fourth-order valence-electron chi connectivity index (χ4n) is 5.54. The highest BCUT2D eigenvalue weighted by Crippen LogP contribution is 2.35.